The van der Waals surface area contributed by atoms with Gasteiger partial charge in [-0.1, -0.05) is 62.8 Å². The van der Waals surface area contributed by atoms with Crippen molar-refractivity contribution in [2.45, 2.75) is 22.7 Å². The Bertz CT molecular complexity index is 1750. The van der Waals surface area contributed by atoms with Gasteiger partial charge in [-0.05, 0) is 66.2 Å². The van der Waals surface area contributed by atoms with Crippen LogP contribution < -0.4 is 20.0 Å². The molecule has 0 spiro atoms. The van der Waals surface area contributed by atoms with E-state index in [0.29, 0.717) is 26.3 Å². The fourth-order valence-electron chi connectivity index (χ4n) is 5.32. The number of rotatable bonds is 6. The number of aromatic nitrogens is 1. The lowest BCUT2D eigenvalue weighted by atomic mass is 9.83. The summed E-state index contributed by atoms with van der Waals surface area (Å²) in [7, 11) is 3.88. The largest absolute Gasteiger partial charge is 0.378 e. The molecule has 0 bridgehead atoms. The zero-order chi connectivity index (χ0) is 29.7. The maximum Gasteiger partial charge on any atom is 0.308 e. The molecule has 3 heterocycles. The molecule has 214 valence electrons. The summed E-state index contributed by atoms with van der Waals surface area (Å²) in [6, 6.07) is 21.5. The van der Waals surface area contributed by atoms with E-state index in [1.54, 1.807) is 48.5 Å². The minimum atomic E-state index is -0.758. The molecule has 0 radical (unpaired) electrons. The van der Waals surface area contributed by atoms with Gasteiger partial charge in [-0.3, -0.25) is 23.7 Å². The maximum absolute atomic E-state index is 14.0. The van der Waals surface area contributed by atoms with Crippen LogP contribution in [0.1, 0.15) is 16.4 Å². The van der Waals surface area contributed by atoms with Crippen LogP contribution in [-0.4, -0.2) is 41.6 Å². The molecule has 0 saturated carbocycles. The van der Waals surface area contributed by atoms with Crippen molar-refractivity contribution in [1.82, 2.24) is 4.57 Å². The molecule has 1 fully saturated rings. The van der Waals surface area contributed by atoms with Gasteiger partial charge in [0.05, 0.1) is 16.6 Å². The fourth-order valence-corrected chi connectivity index (χ4v) is 8.48. The van der Waals surface area contributed by atoms with Crippen LogP contribution >= 0.6 is 50.6 Å². The van der Waals surface area contributed by atoms with Gasteiger partial charge >= 0.3 is 4.87 Å². The molecule has 4 aromatic rings. The standard InChI is InChI=1S/C30H24BrClN4O4S2/c1-34(2)20-11-3-16(4-12-20)23-24-25(28(39)36(27(24)38)21-13-5-17(31)6-14-21)41-29-26(23)42-30(40)35(29)15-22(37)33-19-9-7-18(32)8-10-19/h3-14,23-25H,15H2,1-2H3,(H,33,37). The molecule has 3 unspecified atom stereocenters. The number of imide groups is 1. The van der Waals surface area contributed by atoms with Crippen LogP contribution in [0, 0.1) is 5.92 Å². The number of thioether (sulfide) groups is 1. The number of carbonyl (C=O) groups is 3. The quantitative estimate of drug-likeness (QED) is 0.258. The van der Waals surface area contributed by atoms with Crippen LogP contribution in [0.2, 0.25) is 5.02 Å². The summed E-state index contributed by atoms with van der Waals surface area (Å²) in [5.74, 6) is -2.27. The number of anilines is 3. The molecule has 3 amide bonds. The summed E-state index contributed by atoms with van der Waals surface area (Å²) in [5.41, 5.74) is 2.86. The first kappa shape index (κ1) is 28.7. The number of nitrogens with one attached hydrogen (secondary N) is 1. The van der Waals surface area contributed by atoms with E-state index in [9.17, 15) is 19.2 Å². The molecule has 6 rings (SSSR count). The van der Waals surface area contributed by atoms with E-state index >= 15 is 0 Å². The third-order valence-electron chi connectivity index (χ3n) is 7.33. The van der Waals surface area contributed by atoms with Gasteiger partial charge in [0.2, 0.25) is 17.7 Å². The van der Waals surface area contributed by atoms with Crippen molar-refractivity contribution in [2.24, 2.45) is 5.92 Å². The third-order valence-corrected chi connectivity index (χ3v) is 10.7. The van der Waals surface area contributed by atoms with Gasteiger partial charge in [0, 0.05) is 45.8 Å². The van der Waals surface area contributed by atoms with Crippen molar-refractivity contribution in [3.05, 3.63) is 102 Å². The van der Waals surface area contributed by atoms with Gasteiger partial charge in [-0.25, -0.2) is 4.90 Å². The highest BCUT2D eigenvalue weighted by atomic mass is 79.9. The molecule has 8 nitrogen and oxygen atoms in total. The average Bonchev–Trinajstić information content (AvgIpc) is 3.41. The zero-order valence-corrected chi connectivity index (χ0v) is 26.4. The SMILES string of the molecule is CN(C)c1ccc(C2c3sc(=O)n(CC(=O)Nc4ccc(Cl)cc4)c3SC3C(=O)N(c4ccc(Br)cc4)C(=O)C32)cc1. The first-order chi connectivity index (χ1) is 20.1. The van der Waals surface area contributed by atoms with Crippen molar-refractivity contribution in [3.63, 3.8) is 0 Å². The van der Waals surface area contributed by atoms with Crippen LogP contribution in [0.4, 0.5) is 17.1 Å². The number of amides is 3. The summed E-state index contributed by atoms with van der Waals surface area (Å²) < 4.78 is 2.24. The number of hydrogen-bond acceptors (Lipinski definition) is 7. The van der Waals surface area contributed by atoms with Gasteiger partial charge in [0.15, 0.2) is 0 Å². The predicted molar refractivity (Wildman–Crippen MR) is 171 cm³/mol. The van der Waals surface area contributed by atoms with Gasteiger partial charge in [0.25, 0.3) is 0 Å². The van der Waals surface area contributed by atoms with E-state index in [1.807, 2.05) is 43.3 Å². The molecule has 1 N–H and O–H groups in total. The topological polar surface area (TPSA) is 91.7 Å². The summed E-state index contributed by atoms with van der Waals surface area (Å²) >= 11 is 11.6. The first-order valence-electron chi connectivity index (χ1n) is 13.0. The fraction of sp³-hybridized carbons (Fsp3) is 0.200. The van der Waals surface area contributed by atoms with Crippen molar-refractivity contribution >= 4 is 85.4 Å². The molecule has 1 saturated heterocycles. The Balaban J connectivity index is 1.41. The molecule has 2 aliphatic rings. The van der Waals surface area contributed by atoms with Crippen LogP contribution in [0.15, 0.2) is 87.1 Å². The van der Waals surface area contributed by atoms with Gasteiger partial charge in [-0.15, -0.1) is 0 Å². The van der Waals surface area contributed by atoms with E-state index in [2.05, 4.69) is 21.2 Å². The monoisotopic (exact) mass is 682 g/mol. The maximum atomic E-state index is 14.0. The Hall–Kier alpha value is -3.38. The van der Waals surface area contributed by atoms with Gasteiger partial charge in [-0.2, -0.15) is 0 Å². The lowest BCUT2D eigenvalue weighted by Crippen LogP contribution is -2.33. The van der Waals surface area contributed by atoms with Crippen LogP contribution in [-0.2, 0) is 20.9 Å². The second-order valence-electron chi connectivity index (χ2n) is 10.2. The normalized spacial score (nSPS) is 19.4. The van der Waals surface area contributed by atoms with E-state index in [4.69, 9.17) is 11.6 Å². The number of fused-ring (bicyclic) bond motifs is 2. The number of halogens is 2. The Morgan fingerprint density at radius 2 is 1.62 bits per heavy atom. The lowest BCUT2D eigenvalue weighted by Gasteiger charge is -2.31. The molecule has 42 heavy (non-hydrogen) atoms. The number of thiazole rings is 1. The van der Waals surface area contributed by atoms with Crippen LogP contribution in [0.5, 0.6) is 0 Å². The summed E-state index contributed by atoms with van der Waals surface area (Å²) in [6.07, 6.45) is 0. The van der Waals surface area contributed by atoms with E-state index in [0.717, 1.165) is 27.1 Å². The Labute approximate surface area is 263 Å². The predicted octanol–water partition coefficient (Wildman–Crippen LogP) is 5.83. The van der Waals surface area contributed by atoms with Gasteiger partial charge in [0.1, 0.15) is 11.8 Å². The summed E-state index contributed by atoms with van der Waals surface area (Å²) in [4.78, 5) is 57.8. The number of carbonyl (C=O) groups excluding carboxylic acids is 3. The molecule has 3 atom stereocenters. The molecule has 3 aromatic carbocycles. The lowest BCUT2D eigenvalue weighted by molar-refractivity contribution is -0.122. The molecule has 12 heteroatoms. The number of hydrogen-bond donors (Lipinski definition) is 1. The van der Waals surface area contributed by atoms with E-state index in [1.165, 1.54) is 21.2 Å². The summed E-state index contributed by atoms with van der Waals surface area (Å²) in [6.45, 7) is -0.234. The smallest absolute Gasteiger partial charge is 0.308 e. The van der Waals surface area contributed by atoms with Crippen LogP contribution in [0.25, 0.3) is 0 Å². The highest BCUT2D eigenvalue weighted by Crippen LogP contribution is 2.54. The average molecular weight is 684 g/mol. The Morgan fingerprint density at radius 3 is 2.26 bits per heavy atom. The minimum absolute atomic E-state index is 0.234. The van der Waals surface area contributed by atoms with E-state index < -0.39 is 17.1 Å². The molecule has 0 aliphatic carbocycles. The third kappa shape index (κ3) is 5.19. The molecule has 2 aliphatic heterocycles. The number of benzene rings is 3. The van der Waals surface area contributed by atoms with Crippen molar-refractivity contribution < 1.29 is 14.4 Å². The highest BCUT2D eigenvalue weighted by Gasteiger charge is 2.56. The molecule has 1 aromatic heterocycles. The first-order valence-corrected chi connectivity index (χ1v) is 15.9. The molecular weight excluding hydrogens is 660 g/mol. The van der Waals surface area contributed by atoms with E-state index in [-0.39, 0.29) is 29.1 Å². The van der Waals surface area contributed by atoms with Gasteiger partial charge < -0.3 is 10.2 Å². The highest BCUT2D eigenvalue weighted by molar-refractivity contribution is 9.10. The zero-order valence-electron chi connectivity index (χ0n) is 22.4. The second-order valence-corrected chi connectivity index (χ2v) is 13.7. The Kier molecular flexibility index (Phi) is 7.77. The number of nitrogens with zero attached hydrogens (tertiary/aromatic N) is 3. The van der Waals surface area contributed by atoms with Crippen molar-refractivity contribution in [2.75, 3.05) is 29.2 Å². The van der Waals surface area contributed by atoms with Crippen molar-refractivity contribution in [3.8, 4) is 0 Å². The minimum Gasteiger partial charge on any atom is -0.378 e. The van der Waals surface area contributed by atoms with Crippen LogP contribution in [0.3, 0.4) is 0 Å². The van der Waals surface area contributed by atoms with Crippen molar-refractivity contribution in [1.29, 1.82) is 0 Å². The Morgan fingerprint density at radius 1 is 0.952 bits per heavy atom. The summed E-state index contributed by atoms with van der Waals surface area (Å²) in [5, 5.41) is 3.12. The molecular formula is C30H24BrClN4O4S2. The second kappa shape index (κ2) is 11.4.